The fourth-order valence-electron chi connectivity index (χ4n) is 15.8. The average Bonchev–Trinajstić information content (AvgIpc) is 1.53. The molecule has 53 heteroatoms. The number of ether oxygens (including phenoxy) is 3. The van der Waals surface area contributed by atoms with Gasteiger partial charge in [0, 0.05) is 87.5 Å². The molecular weight excluding hydrogens is 5040 g/mol. The molecule has 0 saturated heterocycles. The first-order chi connectivity index (χ1) is 59.0. The number of aromatic nitrogens is 5. The molecule has 1 amide bonds. The summed E-state index contributed by atoms with van der Waals surface area (Å²) in [6, 6.07) is 16.5. The third kappa shape index (κ3) is 27.1. The molecule has 708 valence electrons. The molecule has 11 heterocycles. The van der Waals surface area contributed by atoms with Crippen LogP contribution in [0.25, 0.3) is 44.6 Å². The number of benzene rings is 3. The van der Waals surface area contributed by atoms with Gasteiger partial charge in [-0.2, -0.15) is 0 Å². The Morgan fingerprint density at radius 2 is 0.833 bits per heavy atom. The summed E-state index contributed by atoms with van der Waals surface area (Å²) in [5.41, 5.74) is 24.6. The van der Waals surface area contributed by atoms with Gasteiger partial charge >= 0.3 is 448 Å². The van der Waals surface area contributed by atoms with Crippen molar-refractivity contribution in [2.75, 3.05) is 16.8 Å². The number of aryl methyl sites for hydroxylation is 5. The number of Topliss-reactive ketones (excluding diaryl/α,β-unsaturated/α-hetero) is 2. The fourth-order valence-corrected chi connectivity index (χ4v) is 2530. The number of hydrogen-bond donors (Lipinski definition) is 6. The zero-order valence-corrected chi connectivity index (χ0v) is 129. The van der Waals surface area contributed by atoms with Crippen molar-refractivity contribution in [3.8, 4) is 22.8 Å². The summed E-state index contributed by atoms with van der Waals surface area (Å²) in [6.45, 7) is 9.53. The second-order valence-electron chi connectivity index (χ2n) is 27.8. The Hall–Kier alpha value is 11.9. The van der Waals surface area contributed by atoms with Gasteiger partial charge in [-0.1, -0.05) is 34.3 Å². The number of ketones is 2. The number of cyclic esters (lactones) is 3. The second-order valence-corrected chi connectivity index (χ2v) is 596. The van der Waals surface area contributed by atoms with Crippen molar-refractivity contribution in [3.05, 3.63) is 175 Å². The number of hydrogen-bond acceptors (Lipinski definition) is 19. The number of aliphatic hydroxyl groups is 3. The molecule has 0 fully saturated rings. The quantitative estimate of drug-likeness (QED) is 0.0255. The molecule has 0 spiro atoms. The van der Waals surface area contributed by atoms with Gasteiger partial charge in [-0.05, 0) is 159 Å². The molecule has 0 bridgehead atoms. The number of nitrogens with zero attached hydrogens (tertiary/aromatic N) is 5. The first-order valence-electron chi connectivity index (χ1n) is 36.2. The molecule has 126 heavy (non-hydrogen) atoms. The van der Waals surface area contributed by atoms with Crippen molar-refractivity contribution >= 4 is 478 Å². The van der Waals surface area contributed by atoms with E-state index in [4.69, 9.17) is 35.6 Å². The Morgan fingerprint density at radius 3 is 1.25 bits per heavy atom. The van der Waals surface area contributed by atoms with Crippen molar-refractivity contribution in [1.82, 2.24) is 23.7 Å². The van der Waals surface area contributed by atoms with Crippen LogP contribution in [0.4, 0.5) is 17.1 Å². The van der Waals surface area contributed by atoms with Crippen LogP contribution in [-0.4, -0.2) is 74.4 Å². The van der Waals surface area contributed by atoms with E-state index in [-0.39, 0.29) is 191 Å². The van der Waals surface area contributed by atoms with Gasteiger partial charge in [0.1, 0.15) is 19.8 Å². The first-order valence-corrected chi connectivity index (χ1v) is 206. The van der Waals surface area contributed by atoms with E-state index in [0.717, 1.165) is 107 Å². The summed E-state index contributed by atoms with van der Waals surface area (Å²) >= 11 is 49.2. The van der Waals surface area contributed by atoms with E-state index in [2.05, 4.69) is 341 Å². The molecule has 9 aliphatic rings. The standard InChI is InChI=1S/C24H22N2O4.C23H21N3O4.C13H13NO5.C12H14N2O2.CH4.I11.I10.I9/c1-3-24(29)17-9-19-21-15(10-26(19)22(27)16(17)11-30-23(24)28)14-6-4-5-13-12(2)7-8-18(25-21)20(13)14;1-2-23(29)15-8-18-20-13(9-26(18)21(27)14(15)10-30-22(23)28)11-4-3-5-12-16(24)6-7-17(25-20)19(11)12;1-2-13(18)8-5-9-10(15)3-4-14(9)11(16)7(8)6-19-12(13)17;1-7(15)14-10-6-5-9(13)12-8(10)3-2-4-11(12)16;;1-7-9(4)11(6)10(5)8(2)3;1-7(2)9(5)10(6)8(3)4;1-6-8(4)9(5)7(2)3/h7-9,29H,3-6,10-11H2,1-2H3;6-8,29H,2-5,9-10,24H2,1H3;5,18H,2-4,6H2,1H3;5-6H,2-4,13H2,1H3,(H,14,15);1H4;;;/q;;;;;-1;;-1/t24-;23-;13-;;;;;/m000...../s1. The maximum absolute atomic E-state index is 13.3. The van der Waals surface area contributed by atoms with Crippen LogP contribution in [0.5, 0.6) is 0 Å². The molecule has 3 aromatic carbocycles. The molecule has 0 radical (unpaired) electrons. The number of carbonyl (C=O) groups is 6. The number of anilines is 3. The van der Waals surface area contributed by atoms with E-state index >= 15 is 0 Å². The molecule has 17 rings (SSSR count). The van der Waals surface area contributed by atoms with E-state index < -0.39 is 34.7 Å². The monoisotopic (exact) mass is 5110 g/mol. The Morgan fingerprint density at radius 1 is 0.460 bits per heavy atom. The predicted molar refractivity (Wildman–Crippen MR) is 748 cm³/mol. The minimum atomic E-state index is -1.83. The van der Waals surface area contributed by atoms with Crippen LogP contribution < -0.4 is 60.0 Å². The summed E-state index contributed by atoms with van der Waals surface area (Å²) in [5, 5.41) is 37.5. The Labute approximate surface area is 954 Å². The van der Waals surface area contributed by atoms with E-state index in [1.807, 2.05) is 12.1 Å². The number of fused-ring (bicyclic) bond motifs is 13. The molecule has 5 aromatic heterocycles. The predicted octanol–water partition coefficient (Wildman–Crippen LogP) is 26.3. The van der Waals surface area contributed by atoms with E-state index in [1.165, 1.54) is 45.2 Å². The third-order valence-corrected chi connectivity index (χ3v) is 1510. The molecule has 0 unspecified atom stereocenters. The number of pyridine rings is 5. The number of esters is 3. The fraction of sp³-hybridized carbons (Fsp3) is 0.384. The number of nitrogens with two attached hydrogens (primary N) is 2. The van der Waals surface area contributed by atoms with Gasteiger partial charge in [-0.3, -0.25) is 28.8 Å². The number of rotatable bonds is 14. The van der Waals surface area contributed by atoms with Gasteiger partial charge in [0.05, 0.1) is 69.3 Å². The first kappa shape index (κ1) is 120. The number of halogens is 30. The van der Waals surface area contributed by atoms with Gasteiger partial charge in [-0.25, -0.2) is 24.4 Å². The molecule has 3 aliphatic carbocycles. The molecule has 3 atom stereocenters. The molecule has 6 aliphatic heterocycles. The number of nitrogen functional groups attached to an aromatic ring is 2. The second kappa shape index (κ2) is 54.3. The summed E-state index contributed by atoms with van der Waals surface area (Å²) < 4.78 is 20.0. The van der Waals surface area contributed by atoms with Crippen molar-refractivity contribution in [2.24, 2.45) is 0 Å². The average molecular weight is 5110 g/mol. The topological polar surface area (TPSA) is 347 Å². The molecule has 8 N–H and O–H groups in total. The van der Waals surface area contributed by atoms with Crippen LogP contribution in [-0.2, 0) is 122 Å². The van der Waals surface area contributed by atoms with Crippen molar-refractivity contribution in [3.63, 3.8) is 0 Å². The normalized spacial score (nSPS) is 19.5. The van der Waals surface area contributed by atoms with E-state index in [9.17, 15) is 58.5 Å². The van der Waals surface area contributed by atoms with Gasteiger partial charge in [0.25, 0.3) is 16.7 Å². The number of amides is 1. The molecule has 0 saturated carbocycles. The van der Waals surface area contributed by atoms with Crippen LogP contribution in [0, 0.1) is 6.92 Å². The minimum absolute atomic E-state index is 0. The van der Waals surface area contributed by atoms with Crippen molar-refractivity contribution in [1.29, 1.82) is 0 Å². The third-order valence-electron chi connectivity index (χ3n) is 21.5. The van der Waals surface area contributed by atoms with Gasteiger partial charge in [0.2, 0.25) is 5.91 Å². The zero-order chi connectivity index (χ0) is 91.8. The van der Waals surface area contributed by atoms with Crippen LogP contribution in [0.2, 0.25) is 0 Å². The SMILES string of the molecule is C.CC(=O)Nc1ccc(N)c2c1CCCC2=O.CC[C@@]1(O)C(=O)OCc2c1cc1n(c2=O)CCC1=O.CC[C@@]1(O)C(=O)OCc2c1cc1n(c2=O)Cc2c-1nc1ccc(C)c3c1c2CCC3.CC[C@@]1(O)C(=O)OCc2c1cc1n(c2=O)Cc2c-1nc1ccc(N)c3c1c2CCC3.II(I)I(I)I(I)I(I)I.I[I-]I(I)I(I)I(I)I.I[I-]I(I)I(I)I(I)I(I)I. The molecular formula is C73H74I30N8O15-2. The Balaban J connectivity index is 0.000000161. The zero-order valence-electron chi connectivity index (χ0n) is 64.6. The maximum atomic E-state index is 13.3. The summed E-state index contributed by atoms with van der Waals surface area (Å²) in [5.74, 6) is -2.37. The summed E-state index contributed by atoms with van der Waals surface area (Å²) in [7, 11) is -3.26. The van der Waals surface area contributed by atoms with Crippen molar-refractivity contribution in [2.45, 2.75) is 182 Å². The van der Waals surface area contributed by atoms with Crippen LogP contribution in [0.1, 0.15) is 185 Å². The van der Waals surface area contributed by atoms with Crippen LogP contribution in [0.15, 0.2) is 69.0 Å². The van der Waals surface area contributed by atoms with Crippen molar-refractivity contribution < 1.29 is 84.8 Å². The number of nitrogens with one attached hydrogen (secondary N) is 1. The van der Waals surface area contributed by atoms with Gasteiger partial charge < -0.3 is 60.0 Å². The number of carbonyl (C=O) groups excluding carboxylic acids is 6. The molecule has 8 aromatic rings. The van der Waals surface area contributed by atoms with Crippen LogP contribution in [0.3, 0.4) is 0 Å². The molecule has 23 nitrogen and oxygen atoms in total. The van der Waals surface area contributed by atoms with Gasteiger partial charge in [0.15, 0.2) is 28.4 Å². The van der Waals surface area contributed by atoms with Gasteiger partial charge in [-0.15, -0.1) is 0 Å². The Bertz CT molecular complexity index is 5580. The summed E-state index contributed by atoms with van der Waals surface area (Å²) in [4.78, 5) is 120. The van der Waals surface area contributed by atoms with E-state index in [1.54, 1.807) is 54.2 Å². The Kier molecular flexibility index (Phi) is 51.6. The van der Waals surface area contributed by atoms with E-state index in [0.29, 0.717) is 103 Å². The van der Waals surface area contributed by atoms with Crippen LogP contribution >= 0.6 is 403 Å². The summed E-state index contributed by atoms with van der Waals surface area (Å²) in [6.07, 6.45) is 8.78.